The Labute approximate surface area is 169 Å². The Kier molecular flexibility index (Phi) is 6.92. The predicted octanol–water partition coefficient (Wildman–Crippen LogP) is 4.23. The van der Waals surface area contributed by atoms with E-state index in [1.807, 2.05) is 73.0 Å². The Hall–Kier alpha value is -2.99. The minimum Gasteiger partial charge on any atom is -0.333 e. The molecule has 0 bridgehead atoms. The lowest BCUT2D eigenvalue weighted by Crippen LogP contribution is -2.39. The van der Waals surface area contributed by atoms with Crippen molar-refractivity contribution in [3.63, 3.8) is 0 Å². The number of nitrogens with zero attached hydrogens (tertiary/aromatic N) is 2. The third-order valence-corrected chi connectivity index (χ3v) is 4.96. The van der Waals surface area contributed by atoms with Crippen molar-refractivity contribution >= 4 is 28.3 Å². The number of hydrogen-bond acceptors (Lipinski definition) is 4. The molecule has 0 aliphatic carbocycles. The third-order valence-electron chi connectivity index (χ3n) is 4.20. The summed E-state index contributed by atoms with van der Waals surface area (Å²) < 4.78 is 0. The van der Waals surface area contributed by atoms with Crippen LogP contribution >= 0.6 is 11.3 Å². The average Bonchev–Trinajstić information content (AvgIpc) is 3.17. The Morgan fingerprint density at radius 2 is 1.71 bits per heavy atom. The summed E-state index contributed by atoms with van der Waals surface area (Å²) in [6.45, 7) is 2.57. The summed E-state index contributed by atoms with van der Waals surface area (Å²) in [6, 6.07) is 19.4. The molecular weight excluding hydrogens is 370 g/mol. The van der Waals surface area contributed by atoms with Gasteiger partial charge in [-0.15, -0.1) is 11.3 Å². The van der Waals surface area contributed by atoms with Crippen molar-refractivity contribution in [1.82, 2.24) is 9.88 Å². The van der Waals surface area contributed by atoms with Gasteiger partial charge in [0.25, 0.3) is 0 Å². The number of carbonyl (C=O) groups excluding carboxylic acids is 2. The fourth-order valence-corrected chi connectivity index (χ4v) is 3.58. The van der Waals surface area contributed by atoms with Gasteiger partial charge in [-0.25, -0.2) is 4.98 Å². The van der Waals surface area contributed by atoms with Gasteiger partial charge in [0.1, 0.15) is 0 Å². The minimum atomic E-state index is -0.233. The van der Waals surface area contributed by atoms with Crippen LogP contribution in [0.25, 0.3) is 11.3 Å². The van der Waals surface area contributed by atoms with Crippen LogP contribution in [0.3, 0.4) is 0 Å². The molecule has 0 spiro atoms. The minimum absolute atomic E-state index is 0.0275. The van der Waals surface area contributed by atoms with E-state index in [0.717, 1.165) is 23.2 Å². The molecule has 28 heavy (non-hydrogen) atoms. The smallest absolute Gasteiger partial charge is 0.245 e. The summed E-state index contributed by atoms with van der Waals surface area (Å²) in [6.07, 6.45) is 1.09. The summed E-state index contributed by atoms with van der Waals surface area (Å²) in [5, 5.41) is 5.26. The lowest BCUT2D eigenvalue weighted by Gasteiger charge is -2.21. The van der Waals surface area contributed by atoms with Crippen molar-refractivity contribution in [2.24, 2.45) is 0 Å². The van der Waals surface area contributed by atoms with E-state index < -0.39 is 0 Å². The second-order valence-corrected chi connectivity index (χ2v) is 7.29. The maximum Gasteiger partial charge on any atom is 0.245 e. The number of hydrogen-bond donors (Lipinski definition) is 1. The summed E-state index contributed by atoms with van der Waals surface area (Å²) in [5.41, 5.74) is 2.78. The van der Waals surface area contributed by atoms with E-state index in [1.165, 1.54) is 11.3 Å². The monoisotopic (exact) mass is 393 g/mol. The number of amides is 2. The quantitative estimate of drug-likeness (QED) is 0.623. The van der Waals surface area contributed by atoms with Gasteiger partial charge in [0.2, 0.25) is 11.8 Å². The normalized spacial score (nSPS) is 10.5. The van der Waals surface area contributed by atoms with Gasteiger partial charge >= 0.3 is 0 Å². The van der Waals surface area contributed by atoms with Crippen molar-refractivity contribution in [3.8, 4) is 11.3 Å². The lowest BCUT2D eigenvalue weighted by molar-refractivity contribution is -0.134. The highest BCUT2D eigenvalue weighted by Crippen LogP contribution is 2.24. The fourth-order valence-electron chi connectivity index (χ4n) is 2.85. The van der Waals surface area contributed by atoms with E-state index in [-0.39, 0.29) is 18.4 Å². The first-order valence-electron chi connectivity index (χ1n) is 9.28. The number of thiazole rings is 1. The molecule has 3 rings (SSSR count). The Morgan fingerprint density at radius 3 is 2.39 bits per heavy atom. The van der Waals surface area contributed by atoms with Gasteiger partial charge in [0, 0.05) is 17.5 Å². The van der Waals surface area contributed by atoms with Crippen molar-refractivity contribution in [2.45, 2.75) is 19.8 Å². The zero-order chi connectivity index (χ0) is 19.8. The van der Waals surface area contributed by atoms with Crippen LogP contribution in [0.4, 0.5) is 5.13 Å². The lowest BCUT2D eigenvalue weighted by atomic mass is 10.1. The van der Waals surface area contributed by atoms with Crippen molar-refractivity contribution < 1.29 is 9.59 Å². The number of rotatable bonds is 8. The van der Waals surface area contributed by atoms with Crippen molar-refractivity contribution in [2.75, 3.05) is 18.4 Å². The Morgan fingerprint density at radius 1 is 1.04 bits per heavy atom. The number of benzene rings is 2. The van der Waals surface area contributed by atoms with E-state index in [1.54, 1.807) is 4.90 Å². The maximum absolute atomic E-state index is 12.6. The number of carbonyl (C=O) groups is 2. The number of nitrogens with one attached hydrogen (secondary N) is 1. The van der Waals surface area contributed by atoms with Gasteiger partial charge in [-0.2, -0.15) is 0 Å². The van der Waals surface area contributed by atoms with Gasteiger partial charge in [-0.05, 0) is 12.0 Å². The van der Waals surface area contributed by atoms with E-state index in [2.05, 4.69) is 10.3 Å². The maximum atomic E-state index is 12.6. The molecule has 0 atom stereocenters. The van der Waals surface area contributed by atoms with E-state index in [4.69, 9.17) is 0 Å². The second-order valence-electron chi connectivity index (χ2n) is 6.43. The van der Waals surface area contributed by atoms with Crippen LogP contribution in [0.15, 0.2) is 66.0 Å². The highest BCUT2D eigenvalue weighted by atomic mass is 32.1. The molecule has 1 heterocycles. The first-order chi connectivity index (χ1) is 13.7. The van der Waals surface area contributed by atoms with Gasteiger partial charge < -0.3 is 10.2 Å². The Balaban J connectivity index is 1.60. The summed E-state index contributed by atoms with van der Waals surface area (Å²) in [5.74, 6) is -0.281. The van der Waals surface area contributed by atoms with Gasteiger partial charge in [0.05, 0.1) is 18.7 Å². The van der Waals surface area contributed by atoms with Crippen LogP contribution in [0.1, 0.15) is 18.9 Å². The molecule has 0 saturated carbocycles. The van der Waals surface area contributed by atoms with Gasteiger partial charge in [-0.3, -0.25) is 9.59 Å². The molecule has 1 aromatic heterocycles. The van der Waals surface area contributed by atoms with E-state index in [9.17, 15) is 9.59 Å². The Bertz CT molecular complexity index is 910. The van der Waals surface area contributed by atoms with Crippen LogP contribution in [-0.4, -0.2) is 34.8 Å². The molecule has 0 radical (unpaired) electrons. The van der Waals surface area contributed by atoms with Crippen LogP contribution < -0.4 is 5.32 Å². The molecule has 0 fully saturated rings. The molecule has 0 aliphatic heterocycles. The first-order valence-corrected chi connectivity index (χ1v) is 10.2. The van der Waals surface area contributed by atoms with Crippen LogP contribution in [0.2, 0.25) is 0 Å². The molecule has 2 aromatic carbocycles. The molecule has 0 unspecified atom stereocenters. The van der Waals surface area contributed by atoms with E-state index >= 15 is 0 Å². The molecular formula is C22H23N3O2S. The average molecular weight is 394 g/mol. The molecule has 3 aromatic rings. The zero-order valence-electron chi connectivity index (χ0n) is 15.8. The van der Waals surface area contributed by atoms with Gasteiger partial charge in [-0.1, -0.05) is 67.6 Å². The first kappa shape index (κ1) is 19.8. The molecule has 0 saturated heterocycles. The van der Waals surface area contributed by atoms with Gasteiger partial charge in [0.15, 0.2) is 5.13 Å². The number of anilines is 1. The number of aromatic nitrogens is 1. The third kappa shape index (κ3) is 5.50. The molecule has 2 amide bonds. The standard InChI is InChI=1S/C22H23N3O2S/c1-2-13-25(21(27)14-17-9-5-3-6-10-17)15-20(26)24-22-23-19(16-28-22)18-11-7-4-8-12-18/h3-12,16H,2,13-15H2,1H3,(H,23,24,26). The van der Waals surface area contributed by atoms with Crippen LogP contribution in [-0.2, 0) is 16.0 Å². The molecule has 6 heteroatoms. The van der Waals surface area contributed by atoms with Crippen molar-refractivity contribution in [1.29, 1.82) is 0 Å². The topological polar surface area (TPSA) is 62.3 Å². The van der Waals surface area contributed by atoms with Crippen LogP contribution in [0.5, 0.6) is 0 Å². The summed E-state index contributed by atoms with van der Waals surface area (Å²) in [7, 11) is 0. The largest absolute Gasteiger partial charge is 0.333 e. The molecule has 1 N–H and O–H groups in total. The highest BCUT2D eigenvalue weighted by Gasteiger charge is 2.18. The molecule has 144 valence electrons. The SMILES string of the molecule is CCCN(CC(=O)Nc1nc(-c2ccccc2)cs1)C(=O)Cc1ccccc1. The summed E-state index contributed by atoms with van der Waals surface area (Å²) >= 11 is 1.38. The zero-order valence-corrected chi connectivity index (χ0v) is 16.6. The molecule has 5 nitrogen and oxygen atoms in total. The summed E-state index contributed by atoms with van der Waals surface area (Å²) in [4.78, 5) is 31.1. The van der Waals surface area contributed by atoms with Crippen LogP contribution in [0, 0.1) is 0 Å². The van der Waals surface area contributed by atoms with Crippen molar-refractivity contribution in [3.05, 3.63) is 71.6 Å². The highest BCUT2D eigenvalue weighted by molar-refractivity contribution is 7.14. The predicted molar refractivity (Wildman–Crippen MR) is 113 cm³/mol. The van der Waals surface area contributed by atoms with E-state index in [0.29, 0.717) is 18.1 Å². The second kappa shape index (κ2) is 9.80. The fraction of sp³-hybridized carbons (Fsp3) is 0.227. The molecule has 0 aliphatic rings.